The van der Waals surface area contributed by atoms with E-state index in [1.807, 2.05) is 0 Å². The quantitative estimate of drug-likeness (QED) is 0.383. The van der Waals surface area contributed by atoms with E-state index < -0.39 is 75.9 Å². The van der Waals surface area contributed by atoms with Gasteiger partial charge in [0, 0.05) is 29.6 Å². The van der Waals surface area contributed by atoms with Crippen LogP contribution in [0.25, 0.3) is 0 Å². The predicted octanol–water partition coefficient (Wildman–Crippen LogP) is -0.352. The Morgan fingerprint density at radius 1 is 1.22 bits per heavy atom. The van der Waals surface area contributed by atoms with E-state index in [1.165, 1.54) is 25.1 Å². The molecule has 37 heavy (non-hydrogen) atoms. The molecule has 198 valence electrons. The minimum atomic E-state index is -2.79. The number of hydrogen-bond donors (Lipinski definition) is 4. The number of likely N-dealkylation sites (N-methyl/N-ethyl adjacent to an activating group) is 1. The number of hydrogen-bond acceptors (Lipinski definition) is 9. The van der Waals surface area contributed by atoms with Crippen LogP contribution < -0.4 is 11.1 Å². The van der Waals surface area contributed by atoms with Gasteiger partial charge in [0.1, 0.15) is 11.6 Å². The van der Waals surface area contributed by atoms with Crippen LogP contribution in [0.2, 0.25) is 0 Å². The molecular weight excluding hydrogens is 485 g/mol. The van der Waals surface area contributed by atoms with Crippen molar-refractivity contribution in [1.29, 1.82) is 0 Å². The van der Waals surface area contributed by atoms with Crippen LogP contribution in [-0.4, -0.2) is 75.9 Å². The summed E-state index contributed by atoms with van der Waals surface area (Å²) in [5.41, 5.74) is 2.35. The number of aliphatic hydroxyl groups is 1. The molecule has 0 aromatic heterocycles. The number of nitrogens with one attached hydrogen (secondary N) is 1. The highest BCUT2D eigenvalue weighted by molar-refractivity contribution is 6.32. The Hall–Kier alpha value is -3.02. The Balaban J connectivity index is 1.56. The second kappa shape index (κ2) is 8.78. The van der Waals surface area contributed by atoms with Gasteiger partial charge in [-0.2, -0.15) is 0 Å². The molecule has 0 spiro atoms. The van der Waals surface area contributed by atoms with Gasteiger partial charge in [0.15, 0.2) is 34.7 Å². The monoisotopic (exact) mass is 515 g/mol. The van der Waals surface area contributed by atoms with E-state index in [0.717, 1.165) is 19.3 Å². The zero-order valence-corrected chi connectivity index (χ0v) is 20.6. The fraction of sp³-hybridized carbons (Fsp3) is 0.577. The fourth-order valence-corrected chi connectivity index (χ4v) is 6.70. The van der Waals surface area contributed by atoms with E-state index in [4.69, 9.17) is 5.73 Å². The van der Waals surface area contributed by atoms with Crippen LogP contribution >= 0.6 is 0 Å². The molecule has 0 radical (unpaired) electrons. The van der Waals surface area contributed by atoms with Crippen molar-refractivity contribution in [3.63, 3.8) is 0 Å². The maximum absolute atomic E-state index is 15.6. The molecule has 1 aromatic rings. The average molecular weight is 516 g/mol. The number of nitrogens with two attached hydrogens (primary N) is 1. The van der Waals surface area contributed by atoms with Crippen LogP contribution in [-0.2, 0) is 32.1 Å². The van der Waals surface area contributed by atoms with Crippen LogP contribution in [0.1, 0.15) is 47.2 Å². The van der Waals surface area contributed by atoms with E-state index in [9.17, 15) is 34.2 Å². The van der Waals surface area contributed by atoms with Crippen LogP contribution in [0.3, 0.4) is 0 Å². The molecule has 0 bridgehead atoms. The molecule has 2 unspecified atom stereocenters. The number of nitrogens with zero attached hydrogens (tertiary/aromatic N) is 1. The second-order valence-corrected chi connectivity index (χ2v) is 11.0. The third-order valence-corrected chi connectivity index (χ3v) is 8.76. The van der Waals surface area contributed by atoms with Crippen molar-refractivity contribution in [1.82, 2.24) is 10.2 Å². The lowest BCUT2D eigenvalue weighted by Crippen LogP contribution is -2.74. The lowest BCUT2D eigenvalue weighted by Gasteiger charge is -2.52. The first kappa shape index (κ1) is 25.6. The number of fused-ring (bicyclic) bond motifs is 3. The van der Waals surface area contributed by atoms with E-state index in [0.29, 0.717) is 0 Å². The molecule has 4 aliphatic carbocycles. The number of primary amides is 1. The molecule has 0 saturated heterocycles. The Kier molecular flexibility index (Phi) is 6.08. The number of carbonyl (C=O) groups excluding carboxylic acids is 5. The minimum Gasteiger partial charge on any atom is -0.507 e. The van der Waals surface area contributed by atoms with Gasteiger partial charge < -0.3 is 21.3 Å². The van der Waals surface area contributed by atoms with E-state index >= 15 is 4.39 Å². The number of amides is 1. The summed E-state index contributed by atoms with van der Waals surface area (Å²) in [6.45, 7) is 0.168. The van der Waals surface area contributed by atoms with Gasteiger partial charge in [0.2, 0.25) is 5.91 Å². The van der Waals surface area contributed by atoms with Crippen molar-refractivity contribution >= 4 is 29.0 Å². The molecule has 11 heteroatoms. The maximum atomic E-state index is 15.6. The number of Topliss-reactive ketones (excluding diaryl/α,β-unsaturated/α-hetero) is 4. The number of benzene rings is 1. The first-order chi connectivity index (χ1) is 17.4. The highest BCUT2D eigenvalue weighted by Crippen LogP contribution is 2.51. The molecule has 5 N–H and O–H groups in total. The Morgan fingerprint density at radius 2 is 1.89 bits per heavy atom. The summed E-state index contributed by atoms with van der Waals surface area (Å²) in [4.78, 5) is 67.0. The number of carbonyl (C=O) groups is 5. The first-order valence-corrected chi connectivity index (χ1v) is 12.5. The van der Waals surface area contributed by atoms with Crippen molar-refractivity contribution in [3.8, 4) is 5.75 Å². The maximum Gasteiger partial charge on any atom is 0.235 e. The SMILES string of the molecule is CN(C)[C@@H]1C(=O)C(C(N)=O)C(=O)[C@@]2(O)C(=O)C3C(=O)c4c(O)cc(CNC5CCC5)c(F)c4C[C@H]3C[C@@H]12. The topological polar surface area (TPSA) is 167 Å². The van der Waals surface area contributed by atoms with Gasteiger partial charge in [0.05, 0.1) is 17.5 Å². The van der Waals surface area contributed by atoms with Gasteiger partial charge in [-0.1, -0.05) is 6.42 Å². The molecule has 3 saturated carbocycles. The first-order valence-electron chi connectivity index (χ1n) is 12.5. The highest BCUT2D eigenvalue weighted by atomic mass is 19.1. The largest absolute Gasteiger partial charge is 0.507 e. The van der Waals surface area contributed by atoms with Crippen molar-refractivity contribution < 1.29 is 38.6 Å². The van der Waals surface area contributed by atoms with Crippen LogP contribution in [0.4, 0.5) is 4.39 Å². The average Bonchev–Trinajstić information content (AvgIpc) is 2.77. The Labute approximate surface area is 212 Å². The van der Waals surface area contributed by atoms with Gasteiger partial charge in [0.25, 0.3) is 0 Å². The smallest absolute Gasteiger partial charge is 0.235 e. The molecule has 0 aliphatic heterocycles. The third-order valence-electron chi connectivity index (χ3n) is 8.76. The molecule has 5 rings (SSSR count). The van der Waals surface area contributed by atoms with Gasteiger partial charge >= 0.3 is 0 Å². The normalized spacial score (nSPS) is 33.6. The number of phenolic OH excluding ortho intramolecular Hbond substituents is 1. The van der Waals surface area contributed by atoms with Gasteiger partial charge in [-0.15, -0.1) is 0 Å². The summed E-state index contributed by atoms with van der Waals surface area (Å²) >= 11 is 0. The standard InChI is InChI=1S/C26H30FN3O7/c1-30(2)20-14-7-10-6-13-17(15(31)8-11(19(13)27)9-29-12-4-3-5-12)21(32)16(10)23(34)26(14,37)24(35)18(22(20)33)25(28)36/h8,10,12,14,16,18,20,29,31,37H,3-7,9H2,1-2H3,(H2,28,36)/t10-,14-,16?,18?,20-,26-/m0/s1. The second-order valence-electron chi connectivity index (χ2n) is 11.0. The molecule has 1 aromatic carbocycles. The van der Waals surface area contributed by atoms with E-state index in [-0.39, 0.29) is 42.1 Å². The predicted molar refractivity (Wildman–Crippen MR) is 126 cm³/mol. The van der Waals surface area contributed by atoms with Crippen LogP contribution in [0, 0.1) is 29.5 Å². The summed E-state index contributed by atoms with van der Waals surface area (Å²) < 4.78 is 15.6. The summed E-state index contributed by atoms with van der Waals surface area (Å²) in [6.07, 6.45) is 2.84. The number of ketones is 4. The molecule has 3 fully saturated rings. The lowest BCUT2D eigenvalue weighted by atomic mass is 9.52. The molecule has 10 nitrogen and oxygen atoms in total. The lowest BCUT2D eigenvalue weighted by molar-refractivity contribution is -0.181. The van der Waals surface area contributed by atoms with Crippen molar-refractivity contribution in [2.75, 3.05) is 14.1 Å². The van der Waals surface area contributed by atoms with Crippen molar-refractivity contribution in [2.45, 2.75) is 56.3 Å². The fourth-order valence-electron chi connectivity index (χ4n) is 6.70. The summed E-state index contributed by atoms with van der Waals surface area (Å²) in [5.74, 6) is -12.2. The minimum absolute atomic E-state index is 0.0141. The van der Waals surface area contributed by atoms with E-state index in [1.54, 1.807) is 0 Å². The van der Waals surface area contributed by atoms with Gasteiger partial charge in [-0.05, 0) is 51.8 Å². The highest BCUT2D eigenvalue weighted by Gasteiger charge is 2.69. The number of rotatable bonds is 5. The van der Waals surface area contributed by atoms with Crippen LogP contribution in [0.5, 0.6) is 5.75 Å². The zero-order chi connectivity index (χ0) is 27.0. The van der Waals surface area contributed by atoms with Crippen molar-refractivity contribution in [2.24, 2.45) is 29.4 Å². The number of phenols is 1. The zero-order valence-electron chi connectivity index (χ0n) is 20.6. The molecular formula is C26H30FN3O7. The Bertz CT molecular complexity index is 1240. The summed E-state index contributed by atoms with van der Waals surface area (Å²) in [6, 6.07) is 0.238. The van der Waals surface area contributed by atoms with Crippen LogP contribution in [0.15, 0.2) is 6.07 Å². The number of aromatic hydroxyl groups is 1. The third kappa shape index (κ3) is 3.58. The molecule has 1 amide bonds. The summed E-state index contributed by atoms with van der Waals surface area (Å²) in [5, 5.41) is 25.4. The van der Waals surface area contributed by atoms with Gasteiger partial charge in [-0.25, -0.2) is 4.39 Å². The molecule has 4 aliphatic rings. The number of halogens is 1. The molecule has 6 atom stereocenters. The van der Waals surface area contributed by atoms with Gasteiger partial charge in [-0.3, -0.25) is 28.9 Å². The van der Waals surface area contributed by atoms with Crippen molar-refractivity contribution in [3.05, 3.63) is 28.6 Å². The van der Waals surface area contributed by atoms with E-state index in [2.05, 4.69) is 5.32 Å². The summed E-state index contributed by atoms with van der Waals surface area (Å²) in [7, 11) is 3.02. The molecule has 0 heterocycles. The Morgan fingerprint density at radius 3 is 2.46 bits per heavy atom.